The number of carbonyl (C=O) groups is 2. The minimum absolute atomic E-state index is 0.0515. The molecule has 1 amide bonds. The van der Waals surface area contributed by atoms with Gasteiger partial charge in [-0.15, -0.1) is 0 Å². The molecule has 0 unspecified atom stereocenters. The molecule has 0 aliphatic carbocycles. The quantitative estimate of drug-likeness (QED) is 0.763. The molecule has 0 aromatic heterocycles. The Morgan fingerprint density at radius 1 is 0.929 bits per heavy atom. The fraction of sp³-hybridized carbons (Fsp3) is 0.364. The standard InChI is InChI=1S/C22H24N2O4/c1-16-4-2-3-5-18(16)22(26)24-10-8-23(9-11-24)15-19(25)17-6-7-20-21(14-17)28-13-12-27-20/h2-7,14H,8-13,15H2,1H3. The summed E-state index contributed by atoms with van der Waals surface area (Å²) in [4.78, 5) is 29.4. The van der Waals surface area contributed by atoms with Gasteiger partial charge in [-0.1, -0.05) is 18.2 Å². The Morgan fingerprint density at radius 3 is 2.39 bits per heavy atom. The van der Waals surface area contributed by atoms with Crippen molar-refractivity contribution < 1.29 is 19.1 Å². The molecule has 0 radical (unpaired) electrons. The first kappa shape index (κ1) is 18.5. The van der Waals surface area contributed by atoms with Crippen LogP contribution in [0.2, 0.25) is 0 Å². The zero-order valence-corrected chi connectivity index (χ0v) is 16.0. The number of amides is 1. The van der Waals surface area contributed by atoms with Crippen LogP contribution in [0.3, 0.4) is 0 Å². The molecule has 0 bridgehead atoms. The second-order valence-electron chi connectivity index (χ2n) is 7.16. The van der Waals surface area contributed by atoms with Crippen molar-refractivity contribution in [2.45, 2.75) is 6.92 Å². The largest absolute Gasteiger partial charge is 0.486 e. The van der Waals surface area contributed by atoms with Crippen LogP contribution in [0.25, 0.3) is 0 Å². The Balaban J connectivity index is 1.34. The van der Waals surface area contributed by atoms with Crippen LogP contribution in [-0.2, 0) is 0 Å². The molecule has 2 aliphatic heterocycles. The third-order valence-corrected chi connectivity index (χ3v) is 5.27. The van der Waals surface area contributed by atoms with E-state index in [0.29, 0.717) is 63.0 Å². The summed E-state index contributed by atoms with van der Waals surface area (Å²) in [6.45, 7) is 5.96. The van der Waals surface area contributed by atoms with Gasteiger partial charge in [-0.25, -0.2) is 0 Å². The number of piperazine rings is 1. The summed E-state index contributed by atoms with van der Waals surface area (Å²) < 4.78 is 11.1. The Bertz CT molecular complexity index is 888. The van der Waals surface area contributed by atoms with Gasteiger partial charge in [-0.05, 0) is 36.8 Å². The topological polar surface area (TPSA) is 59.1 Å². The molecule has 0 atom stereocenters. The van der Waals surface area contributed by atoms with E-state index in [0.717, 1.165) is 11.1 Å². The smallest absolute Gasteiger partial charge is 0.254 e. The normalized spacial score (nSPS) is 16.7. The van der Waals surface area contributed by atoms with Gasteiger partial charge in [-0.2, -0.15) is 0 Å². The highest BCUT2D eigenvalue weighted by Gasteiger charge is 2.24. The van der Waals surface area contributed by atoms with E-state index in [1.165, 1.54) is 0 Å². The number of hydrogen-bond donors (Lipinski definition) is 0. The number of ether oxygens (including phenoxy) is 2. The van der Waals surface area contributed by atoms with E-state index in [2.05, 4.69) is 4.90 Å². The van der Waals surface area contributed by atoms with Gasteiger partial charge >= 0.3 is 0 Å². The van der Waals surface area contributed by atoms with Gasteiger partial charge < -0.3 is 14.4 Å². The van der Waals surface area contributed by atoms with Crippen molar-refractivity contribution in [2.75, 3.05) is 45.9 Å². The number of fused-ring (bicyclic) bond motifs is 1. The molecule has 0 saturated carbocycles. The minimum atomic E-state index is 0.0515. The molecular weight excluding hydrogens is 356 g/mol. The summed E-state index contributed by atoms with van der Waals surface area (Å²) in [5, 5.41) is 0. The van der Waals surface area contributed by atoms with E-state index >= 15 is 0 Å². The molecule has 2 aromatic carbocycles. The van der Waals surface area contributed by atoms with Crippen molar-refractivity contribution in [3.05, 3.63) is 59.2 Å². The van der Waals surface area contributed by atoms with Crippen LogP contribution in [0, 0.1) is 6.92 Å². The number of hydrogen-bond acceptors (Lipinski definition) is 5. The highest BCUT2D eigenvalue weighted by atomic mass is 16.6. The predicted octanol–water partition coefficient (Wildman–Crippen LogP) is 2.41. The fourth-order valence-corrected chi connectivity index (χ4v) is 3.60. The molecule has 2 heterocycles. The highest BCUT2D eigenvalue weighted by Crippen LogP contribution is 2.30. The van der Waals surface area contributed by atoms with E-state index in [-0.39, 0.29) is 11.7 Å². The van der Waals surface area contributed by atoms with Crippen molar-refractivity contribution in [2.24, 2.45) is 0 Å². The lowest BCUT2D eigenvalue weighted by atomic mass is 10.1. The summed E-state index contributed by atoms with van der Waals surface area (Å²) in [6, 6.07) is 13.0. The summed E-state index contributed by atoms with van der Waals surface area (Å²) in [5.74, 6) is 1.43. The number of rotatable bonds is 4. The van der Waals surface area contributed by atoms with Gasteiger partial charge in [0.05, 0.1) is 6.54 Å². The average molecular weight is 380 g/mol. The van der Waals surface area contributed by atoms with E-state index in [1.807, 2.05) is 36.1 Å². The lowest BCUT2D eigenvalue weighted by molar-refractivity contribution is 0.0623. The number of benzene rings is 2. The summed E-state index contributed by atoms with van der Waals surface area (Å²) in [5.41, 5.74) is 2.37. The van der Waals surface area contributed by atoms with Crippen molar-refractivity contribution in [3.63, 3.8) is 0 Å². The molecule has 2 aliphatic rings. The Hall–Kier alpha value is -2.86. The zero-order chi connectivity index (χ0) is 19.5. The minimum Gasteiger partial charge on any atom is -0.486 e. The monoisotopic (exact) mass is 380 g/mol. The van der Waals surface area contributed by atoms with Crippen molar-refractivity contribution in [3.8, 4) is 11.5 Å². The van der Waals surface area contributed by atoms with Gasteiger partial charge in [0, 0.05) is 37.3 Å². The molecule has 1 fully saturated rings. The van der Waals surface area contributed by atoms with Crippen LogP contribution in [0.5, 0.6) is 11.5 Å². The second-order valence-corrected chi connectivity index (χ2v) is 7.16. The first-order chi connectivity index (χ1) is 13.6. The average Bonchev–Trinajstić information content (AvgIpc) is 2.74. The maximum absolute atomic E-state index is 12.7. The molecule has 2 aromatic rings. The van der Waals surface area contributed by atoms with Crippen LogP contribution >= 0.6 is 0 Å². The van der Waals surface area contributed by atoms with Crippen LogP contribution in [0.15, 0.2) is 42.5 Å². The van der Waals surface area contributed by atoms with Crippen LogP contribution in [-0.4, -0.2) is 67.4 Å². The number of nitrogens with zero attached hydrogens (tertiary/aromatic N) is 2. The van der Waals surface area contributed by atoms with E-state index < -0.39 is 0 Å². The van der Waals surface area contributed by atoms with Crippen LogP contribution in [0.4, 0.5) is 0 Å². The van der Waals surface area contributed by atoms with E-state index in [9.17, 15) is 9.59 Å². The molecule has 1 saturated heterocycles. The number of carbonyl (C=O) groups excluding carboxylic acids is 2. The zero-order valence-electron chi connectivity index (χ0n) is 16.0. The second kappa shape index (κ2) is 8.02. The van der Waals surface area contributed by atoms with E-state index in [4.69, 9.17) is 9.47 Å². The third kappa shape index (κ3) is 3.87. The summed E-state index contributed by atoms with van der Waals surface area (Å²) >= 11 is 0. The van der Waals surface area contributed by atoms with Gasteiger partial charge in [0.25, 0.3) is 5.91 Å². The number of ketones is 1. The fourth-order valence-electron chi connectivity index (χ4n) is 3.60. The molecule has 146 valence electrons. The molecule has 6 nitrogen and oxygen atoms in total. The Labute approximate surface area is 164 Å². The summed E-state index contributed by atoms with van der Waals surface area (Å²) in [6.07, 6.45) is 0. The molecule has 0 spiro atoms. The third-order valence-electron chi connectivity index (χ3n) is 5.27. The Morgan fingerprint density at radius 2 is 1.64 bits per heavy atom. The number of Topliss-reactive ketones (excluding diaryl/α,β-unsaturated/α-hetero) is 1. The first-order valence-electron chi connectivity index (χ1n) is 9.62. The van der Waals surface area contributed by atoms with E-state index in [1.54, 1.807) is 18.2 Å². The van der Waals surface area contributed by atoms with Gasteiger partial charge in [0.2, 0.25) is 0 Å². The van der Waals surface area contributed by atoms with Gasteiger partial charge in [-0.3, -0.25) is 14.5 Å². The van der Waals surface area contributed by atoms with Crippen LogP contribution < -0.4 is 9.47 Å². The Kier molecular flexibility index (Phi) is 5.30. The highest BCUT2D eigenvalue weighted by molar-refractivity contribution is 5.98. The summed E-state index contributed by atoms with van der Waals surface area (Å²) in [7, 11) is 0. The SMILES string of the molecule is Cc1ccccc1C(=O)N1CCN(CC(=O)c2ccc3c(c2)OCCO3)CC1. The van der Waals surface area contributed by atoms with Crippen LogP contribution in [0.1, 0.15) is 26.3 Å². The van der Waals surface area contributed by atoms with Crippen molar-refractivity contribution in [1.82, 2.24) is 9.80 Å². The molecule has 0 N–H and O–H groups in total. The van der Waals surface area contributed by atoms with Crippen molar-refractivity contribution in [1.29, 1.82) is 0 Å². The predicted molar refractivity (Wildman–Crippen MR) is 105 cm³/mol. The lowest BCUT2D eigenvalue weighted by Gasteiger charge is -2.34. The molecule has 4 rings (SSSR count). The molecule has 6 heteroatoms. The first-order valence-corrected chi connectivity index (χ1v) is 9.62. The maximum atomic E-state index is 12.7. The van der Waals surface area contributed by atoms with Gasteiger partial charge in [0.15, 0.2) is 17.3 Å². The van der Waals surface area contributed by atoms with Crippen molar-refractivity contribution >= 4 is 11.7 Å². The molecule has 28 heavy (non-hydrogen) atoms. The number of aryl methyl sites for hydroxylation is 1. The lowest BCUT2D eigenvalue weighted by Crippen LogP contribution is -2.50. The maximum Gasteiger partial charge on any atom is 0.254 e. The molecular formula is C22H24N2O4. The van der Waals surface area contributed by atoms with Gasteiger partial charge in [0.1, 0.15) is 13.2 Å².